The van der Waals surface area contributed by atoms with Crippen LogP contribution in [0.2, 0.25) is 0 Å². The average molecular weight is 406 g/mol. The smallest absolute Gasteiger partial charge is 0.238 e. The van der Waals surface area contributed by atoms with E-state index in [1.54, 1.807) is 6.07 Å². The molecule has 0 aliphatic carbocycles. The molecule has 3 heterocycles. The fourth-order valence-corrected chi connectivity index (χ4v) is 4.81. The van der Waals surface area contributed by atoms with Gasteiger partial charge in [0.2, 0.25) is 11.8 Å². The van der Waals surface area contributed by atoms with E-state index in [0.29, 0.717) is 42.9 Å². The number of rotatable bonds is 4. The van der Waals surface area contributed by atoms with Gasteiger partial charge in [-0.3, -0.25) is 14.5 Å². The Morgan fingerprint density at radius 2 is 1.75 bits per heavy atom. The lowest BCUT2D eigenvalue weighted by Gasteiger charge is -2.35. The second-order valence-electron chi connectivity index (χ2n) is 7.39. The number of fused-ring (bicyclic) bond motifs is 1. The molecule has 3 aliphatic rings. The van der Waals surface area contributed by atoms with Gasteiger partial charge in [-0.2, -0.15) is 11.8 Å². The normalized spacial score (nSPS) is 20.6. The summed E-state index contributed by atoms with van der Waals surface area (Å²) in [5.74, 6) is 3.84. The van der Waals surface area contributed by atoms with E-state index in [1.807, 2.05) is 28.8 Å². The number of amides is 2. The lowest BCUT2D eigenvalue weighted by atomic mass is 9.95. The van der Waals surface area contributed by atoms with Crippen LogP contribution in [0.5, 0.6) is 11.5 Å². The Kier molecular flexibility index (Phi) is 6.26. The molecule has 0 aromatic heterocycles. The third kappa shape index (κ3) is 4.72. The Morgan fingerprint density at radius 3 is 2.50 bits per heavy atom. The first-order valence-electron chi connectivity index (χ1n) is 9.97. The molecule has 28 heavy (non-hydrogen) atoms. The summed E-state index contributed by atoms with van der Waals surface area (Å²) in [5.41, 5.74) is 0.710. The fraction of sp³-hybridized carbons (Fsp3) is 0.600. The number of hydrogen-bond acceptors (Lipinski definition) is 6. The van der Waals surface area contributed by atoms with E-state index in [0.717, 1.165) is 50.5 Å². The number of ether oxygens (including phenoxy) is 2. The summed E-state index contributed by atoms with van der Waals surface area (Å²) in [4.78, 5) is 29.2. The van der Waals surface area contributed by atoms with Gasteiger partial charge in [-0.15, -0.1) is 0 Å². The molecule has 4 rings (SSSR count). The van der Waals surface area contributed by atoms with Gasteiger partial charge in [-0.05, 0) is 38.1 Å². The van der Waals surface area contributed by atoms with Gasteiger partial charge in [-0.25, -0.2) is 0 Å². The Morgan fingerprint density at radius 1 is 1.04 bits per heavy atom. The molecule has 1 aromatic rings. The van der Waals surface area contributed by atoms with Crippen molar-refractivity contribution in [1.29, 1.82) is 0 Å². The largest absolute Gasteiger partial charge is 0.486 e. The third-order valence-corrected chi connectivity index (χ3v) is 6.40. The minimum Gasteiger partial charge on any atom is -0.486 e. The minimum absolute atomic E-state index is 0.0468. The van der Waals surface area contributed by atoms with Gasteiger partial charge in [0.1, 0.15) is 13.2 Å². The summed E-state index contributed by atoms with van der Waals surface area (Å²) in [7, 11) is 0. The Labute approximate surface area is 169 Å². The van der Waals surface area contributed by atoms with Gasteiger partial charge < -0.3 is 19.7 Å². The molecule has 2 fully saturated rings. The highest BCUT2D eigenvalue weighted by atomic mass is 32.2. The van der Waals surface area contributed by atoms with Crippen molar-refractivity contribution in [3.63, 3.8) is 0 Å². The summed E-state index contributed by atoms with van der Waals surface area (Å²) in [6.07, 6.45) is 1.67. The van der Waals surface area contributed by atoms with Crippen LogP contribution >= 0.6 is 11.8 Å². The lowest BCUT2D eigenvalue weighted by molar-refractivity contribution is -0.136. The molecule has 0 unspecified atom stereocenters. The minimum atomic E-state index is -0.0468. The van der Waals surface area contributed by atoms with E-state index < -0.39 is 0 Å². The van der Waals surface area contributed by atoms with Crippen LogP contribution in [0.3, 0.4) is 0 Å². The first-order chi connectivity index (χ1) is 13.7. The van der Waals surface area contributed by atoms with Crippen LogP contribution < -0.4 is 14.8 Å². The predicted molar refractivity (Wildman–Crippen MR) is 109 cm³/mol. The van der Waals surface area contributed by atoms with Crippen molar-refractivity contribution in [2.45, 2.75) is 12.8 Å². The highest BCUT2D eigenvalue weighted by Gasteiger charge is 2.29. The van der Waals surface area contributed by atoms with Crippen molar-refractivity contribution in [1.82, 2.24) is 9.80 Å². The van der Waals surface area contributed by atoms with E-state index in [-0.39, 0.29) is 11.8 Å². The number of benzene rings is 1. The molecule has 0 saturated carbocycles. The van der Waals surface area contributed by atoms with E-state index >= 15 is 0 Å². The molecule has 7 nitrogen and oxygen atoms in total. The van der Waals surface area contributed by atoms with Gasteiger partial charge in [0.15, 0.2) is 11.5 Å². The standard InChI is InChI=1S/C20H27N3O4S/c24-19(21-16-1-2-17-18(13-16)27-10-9-26-17)14-22-5-3-15(4-6-22)20(25)23-7-11-28-12-8-23/h1-2,13,15H,3-12,14H2,(H,21,24). The molecule has 0 spiro atoms. The van der Waals surface area contributed by atoms with Crippen LogP contribution in [0.25, 0.3) is 0 Å². The third-order valence-electron chi connectivity index (χ3n) is 5.45. The zero-order chi connectivity index (χ0) is 19.3. The molecule has 1 aromatic carbocycles. The first kappa shape index (κ1) is 19.4. The fourth-order valence-electron chi connectivity index (χ4n) is 3.90. The topological polar surface area (TPSA) is 71.1 Å². The molecule has 2 saturated heterocycles. The molecule has 1 N–H and O–H groups in total. The highest BCUT2D eigenvalue weighted by molar-refractivity contribution is 7.99. The van der Waals surface area contributed by atoms with Crippen molar-refractivity contribution in [2.75, 3.05) is 62.8 Å². The number of carbonyl (C=O) groups is 2. The van der Waals surface area contributed by atoms with E-state index in [4.69, 9.17) is 9.47 Å². The molecular weight excluding hydrogens is 378 g/mol. The van der Waals surface area contributed by atoms with Gasteiger partial charge in [0.25, 0.3) is 0 Å². The predicted octanol–water partition coefficient (Wildman–Crippen LogP) is 1.68. The molecule has 0 atom stereocenters. The quantitative estimate of drug-likeness (QED) is 0.822. The first-order valence-corrected chi connectivity index (χ1v) is 11.1. The molecule has 0 bridgehead atoms. The number of carbonyl (C=O) groups excluding carboxylic acids is 2. The van der Waals surface area contributed by atoms with Crippen molar-refractivity contribution >= 4 is 29.3 Å². The zero-order valence-corrected chi connectivity index (χ0v) is 16.8. The van der Waals surface area contributed by atoms with E-state index in [9.17, 15) is 9.59 Å². The Hall–Kier alpha value is -1.93. The molecule has 2 amide bonds. The van der Waals surface area contributed by atoms with Crippen LogP contribution in [0.15, 0.2) is 18.2 Å². The van der Waals surface area contributed by atoms with Crippen molar-refractivity contribution in [3.05, 3.63) is 18.2 Å². The summed E-state index contributed by atoms with van der Waals surface area (Å²) in [6, 6.07) is 5.45. The number of nitrogens with one attached hydrogen (secondary N) is 1. The number of hydrogen-bond donors (Lipinski definition) is 1. The van der Waals surface area contributed by atoms with Gasteiger partial charge >= 0.3 is 0 Å². The van der Waals surface area contributed by atoms with E-state index in [1.165, 1.54) is 0 Å². The summed E-state index contributed by atoms with van der Waals surface area (Å²) in [5, 5.41) is 2.93. The van der Waals surface area contributed by atoms with Crippen LogP contribution in [0, 0.1) is 5.92 Å². The number of anilines is 1. The highest BCUT2D eigenvalue weighted by Crippen LogP contribution is 2.32. The van der Waals surface area contributed by atoms with Crippen molar-refractivity contribution < 1.29 is 19.1 Å². The second-order valence-corrected chi connectivity index (χ2v) is 8.62. The summed E-state index contributed by atoms with van der Waals surface area (Å²) < 4.78 is 11.1. The van der Waals surface area contributed by atoms with Crippen LogP contribution in [-0.4, -0.2) is 79.1 Å². The SMILES string of the molecule is O=C(CN1CCC(C(=O)N2CCSCC2)CC1)Nc1ccc2c(c1)OCCO2. The molecule has 8 heteroatoms. The number of nitrogens with zero attached hydrogens (tertiary/aromatic N) is 2. The van der Waals surface area contributed by atoms with Crippen LogP contribution in [-0.2, 0) is 9.59 Å². The van der Waals surface area contributed by atoms with Crippen LogP contribution in [0.1, 0.15) is 12.8 Å². The van der Waals surface area contributed by atoms with Crippen molar-refractivity contribution in [2.24, 2.45) is 5.92 Å². The van der Waals surface area contributed by atoms with Gasteiger partial charge in [0, 0.05) is 42.3 Å². The Bertz CT molecular complexity index is 715. The Balaban J connectivity index is 1.23. The molecule has 152 valence electrons. The number of likely N-dealkylation sites (tertiary alicyclic amines) is 1. The second kappa shape index (κ2) is 9.05. The van der Waals surface area contributed by atoms with Crippen LogP contribution in [0.4, 0.5) is 5.69 Å². The maximum absolute atomic E-state index is 12.6. The maximum atomic E-state index is 12.6. The van der Waals surface area contributed by atoms with Gasteiger partial charge in [0.05, 0.1) is 6.54 Å². The van der Waals surface area contributed by atoms with Gasteiger partial charge in [-0.1, -0.05) is 0 Å². The average Bonchev–Trinajstić information content (AvgIpc) is 2.74. The monoisotopic (exact) mass is 405 g/mol. The maximum Gasteiger partial charge on any atom is 0.238 e. The number of piperidine rings is 1. The summed E-state index contributed by atoms with van der Waals surface area (Å²) >= 11 is 1.92. The molecular formula is C20H27N3O4S. The summed E-state index contributed by atoms with van der Waals surface area (Å²) in [6.45, 7) is 4.74. The van der Waals surface area contributed by atoms with Crippen molar-refractivity contribution in [3.8, 4) is 11.5 Å². The van der Waals surface area contributed by atoms with E-state index in [2.05, 4.69) is 10.2 Å². The number of thioether (sulfide) groups is 1. The zero-order valence-electron chi connectivity index (χ0n) is 16.0. The lowest BCUT2D eigenvalue weighted by Crippen LogP contribution is -2.46. The molecule has 3 aliphatic heterocycles. The molecule has 0 radical (unpaired) electrons.